The summed E-state index contributed by atoms with van der Waals surface area (Å²) in [6.07, 6.45) is 1.22. The maximum atomic E-state index is 11.1. The monoisotopic (exact) mass is 246 g/mol. The maximum Gasteiger partial charge on any atom is 0.305 e. The third-order valence-electron chi connectivity index (χ3n) is 3.10. The first-order chi connectivity index (χ1) is 7.20. The Labute approximate surface area is 101 Å². The molecule has 4 heteroatoms. The highest BCUT2D eigenvalue weighted by molar-refractivity contribution is 6.74. The van der Waals surface area contributed by atoms with Gasteiger partial charge in [0.1, 0.15) is 0 Å². The fraction of sp³-hybridized carbons (Fsp3) is 0.917. The van der Waals surface area contributed by atoms with Crippen LogP contribution in [0.2, 0.25) is 18.1 Å². The molecule has 96 valence electrons. The molecule has 0 aliphatic rings. The second-order valence-electron chi connectivity index (χ2n) is 5.52. The van der Waals surface area contributed by atoms with Gasteiger partial charge >= 0.3 is 5.97 Å². The van der Waals surface area contributed by atoms with E-state index in [2.05, 4.69) is 33.9 Å². The van der Waals surface area contributed by atoms with Gasteiger partial charge in [0.15, 0.2) is 8.32 Å². The summed E-state index contributed by atoms with van der Waals surface area (Å²) < 4.78 is 10.8. The van der Waals surface area contributed by atoms with E-state index in [0.29, 0.717) is 19.6 Å². The summed E-state index contributed by atoms with van der Waals surface area (Å²) in [4.78, 5) is 11.1. The van der Waals surface area contributed by atoms with Crippen molar-refractivity contribution in [1.29, 1.82) is 0 Å². The van der Waals surface area contributed by atoms with Gasteiger partial charge in [0.25, 0.3) is 0 Å². The highest BCUT2D eigenvalue weighted by Gasteiger charge is 2.36. The van der Waals surface area contributed by atoms with Gasteiger partial charge < -0.3 is 9.16 Å². The second kappa shape index (κ2) is 6.40. The minimum absolute atomic E-state index is 0.124. The Bertz CT molecular complexity index is 219. The normalized spacial score (nSPS) is 12.6. The Kier molecular flexibility index (Phi) is 6.26. The lowest BCUT2D eigenvalue weighted by Crippen LogP contribution is -2.41. The number of rotatable bonds is 6. The summed E-state index contributed by atoms with van der Waals surface area (Å²) in [5.41, 5.74) is 0. The lowest BCUT2D eigenvalue weighted by molar-refractivity contribution is -0.143. The Morgan fingerprint density at radius 3 is 2.25 bits per heavy atom. The van der Waals surface area contributed by atoms with Crippen molar-refractivity contribution < 1.29 is 14.0 Å². The van der Waals surface area contributed by atoms with E-state index >= 15 is 0 Å². The van der Waals surface area contributed by atoms with Gasteiger partial charge in [-0.2, -0.15) is 0 Å². The van der Waals surface area contributed by atoms with Gasteiger partial charge in [-0.25, -0.2) is 0 Å². The molecule has 0 rings (SSSR count). The van der Waals surface area contributed by atoms with Crippen LogP contribution >= 0.6 is 0 Å². The molecule has 0 N–H and O–H groups in total. The molecule has 0 aromatic heterocycles. The van der Waals surface area contributed by atoms with Crippen molar-refractivity contribution in [2.45, 2.75) is 58.7 Å². The molecular weight excluding hydrogens is 220 g/mol. The van der Waals surface area contributed by atoms with Gasteiger partial charge in [-0.05, 0) is 31.5 Å². The van der Waals surface area contributed by atoms with Crippen molar-refractivity contribution in [3.05, 3.63) is 0 Å². The SMILES string of the molecule is CCOC(=O)CCCO[Si](C)(C)C(C)(C)C. The van der Waals surface area contributed by atoms with Gasteiger partial charge in [0.2, 0.25) is 0 Å². The summed E-state index contributed by atoms with van der Waals surface area (Å²) in [5.74, 6) is -0.124. The molecule has 0 aliphatic heterocycles. The van der Waals surface area contributed by atoms with Crippen LogP contribution < -0.4 is 0 Å². The molecule has 0 spiro atoms. The zero-order chi connectivity index (χ0) is 12.8. The number of hydrogen-bond acceptors (Lipinski definition) is 3. The van der Waals surface area contributed by atoms with E-state index in [-0.39, 0.29) is 11.0 Å². The van der Waals surface area contributed by atoms with E-state index in [0.717, 1.165) is 6.42 Å². The van der Waals surface area contributed by atoms with Crippen molar-refractivity contribution in [3.8, 4) is 0 Å². The molecule has 0 unspecified atom stereocenters. The minimum atomic E-state index is -1.65. The fourth-order valence-electron chi connectivity index (χ4n) is 0.993. The van der Waals surface area contributed by atoms with Crippen LogP contribution in [0.1, 0.15) is 40.5 Å². The molecule has 0 radical (unpaired) electrons. The Balaban J connectivity index is 3.78. The largest absolute Gasteiger partial charge is 0.466 e. The summed E-state index contributed by atoms with van der Waals surface area (Å²) in [6.45, 7) is 14.0. The van der Waals surface area contributed by atoms with Crippen LogP contribution in [0.4, 0.5) is 0 Å². The minimum Gasteiger partial charge on any atom is -0.466 e. The lowest BCUT2D eigenvalue weighted by atomic mass is 10.2. The molecule has 0 atom stereocenters. The van der Waals surface area contributed by atoms with Crippen LogP contribution in [0.3, 0.4) is 0 Å². The molecule has 3 nitrogen and oxygen atoms in total. The first-order valence-electron chi connectivity index (χ1n) is 6.00. The van der Waals surface area contributed by atoms with Gasteiger partial charge in [-0.1, -0.05) is 20.8 Å². The van der Waals surface area contributed by atoms with Crippen LogP contribution in [-0.4, -0.2) is 27.5 Å². The molecule has 0 aromatic carbocycles. The van der Waals surface area contributed by atoms with Gasteiger partial charge in [-0.3, -0.25) is 4.79 Å². The molecule has 0 saturated heterocycles. The predicted molar refractivity (Wildman–Crippen MR) is 69.0 cm³/mol. The Morgan fingerprint density at radius 1 is 1.25 bits per heavy atom. The zero-order valence-corrected chi connectivity index (χ0v) is 12.6. The smallest absolute Gasteiger partial charge is 0.305 e. The summed E-state index contributed by atoms with van der Waals surface area (Å²) >= 11 is 0. The molecule has 0 aromatic rings. The van der Waals surface area contributed by atoms with E-state index in [1.807, 2.05) is 6.92 Å². The van der Waals surface area contributed by atoms with E-state index in [4.69, 9.17) is 9.16 Å². The van der Waals surface area contributed by atoms with Crippen LogP contribution in [0.15, 0.2) is 0 Å². The molecule has 16 heavy (non-hydrogen) atoms. The zero-order valence-electron chi connectivity index (χ0n) is 11.6. The third-order valence-corrected chi connectivity index (χ3v) is 7.64. The number of carbonyl (C=O) groups excluding carboxylic acids is 1. The maximum absolute atomic E-state index is 11.1. The summed E-state index contributed by atoms with van der Waals surface area (Å²) in [5, 5.41) is 0.233. The second-order valence-corrected chi connectivity index (χ2v) is 10.3. The number of carbonyl (C=O) groups is 1. The molecule has 0 bridgehead atoms. The first-order valence-corrected chi connectivity index (χ1v) is 8.91. The standard InChI is InChI=1S/C12H26O3Si/c1-7-14-11(13)9-8-10-15-16(5,6)12(2,3)4/h7-10H2,1-6H3. The predicted octanol–water partition coefficient (Wildman–Crippen LogP) is 3.35. The molecule has 0 fully saturated rings. The van der Waals surface area contributed by atoms with Crippen molar-refractivity contribution in [3.63, 3.8) is 0 Å². The third kappa shape index (κ3) is 5.65. The van der Waals surface area contributed by atoms with Crippen molar-refractivity contribution >= 4 is 14.3 Å². The highest BCUT2D eigenvalue weighted by atomic mass is 28.4. The van der Waals surface area contributed by atoms with Crippen LogP contribution in [0.5, 0.6) is 0 Å². The van der Waals surface area contributed by atoms with E-state index < -0.39 is 8.32 Å². The molecule has 0 saturated carbocycles. The lowest BCUT2D eigenvalue weighted by Gasteiger charge is -2.36. The number of hydrogen-bond donors (Lipinski definition) is 0. The van der Waals surface area contributed by atoms with Crippen LogP contribution in [-0.2, 0) is 14.0 Å². The number of ether oxygens (including phenoxy) is 1. The van der Waals surface area contributed by atoms with Gasteiger partial charge in [0.05, 0.1) is 6.61 Å². The van der Waals surface area contributed by atoms with E-state index in [1.54, 1.807) is 0 Å². The van der Waals surface area contributed by atoms with Crippen LogP contribution in [0.25, 0.3) is 0 Å². The molecular formula is C12H26O3Si. The van der Waals surface area contributed by atoms with Gasteiger partial charge in [-0.15, -0.1) is 0 Å². The number of esters is 1. The highest BCUT2D eigenvalue weighted by Crippen LogP contribution is 2.36. The summed E-state index contributed by atoms with van der Waals surface area (Å²) in [7, 11) is -1.65. The van der Waals surface area contributed by atoms with Crippen LogP contribution in [0, 0.1) is 0 Å². The van der Waals surface area contributed by atoms with Crippen molar-refractivity contribution in [2.24, 2.45) is 0 Å². The Hall–Kier alpha value is -0.353. The Morgan fingerprint density at radius 2 is 1.81 bits per heavy atom. The van der Waals surface area contributed by atoms with E-state index in [1.165, 1.54) is 0 Å². The average molecular weight is 246 g/mol. The van der Waals surface area contributed by atoms with Crippen molar-refractivity contribution in [1.82, 2.24) is 0 Å². The first kappa shape index (κ1) is 15.6. The fourth-order valence-corrected chi connectivity index (χ4v) is 2.08. The topological polar surface area (TPSA) is 35.5 Å². The average Bonchev–Trinajstić information content (AvgIpc) is 2.11. The van der Waals surface area contributed by atoms with Crippen molar-refractivity contribution in [2.75, 3.05) is 13.2 Å². The van der Waals surface area contributed by atoms with Gasteiger partial charge in [0, 0.05) is 13.0 Å². The molecule has 0 aliphatic carbocycles. The quantitative estimate of drug-likeness (QED) is 0.409. The van der Waals surface area contributed by atoms with E-state index in [9.17, 15) is 4.79 Å². The summed E-state index contributed by atoms with van der Waals surface area (Å²) in [6, 6.07) is 0. The molecule has 0 heterocycles. The molecule has 0 amide bonds.